The minimum Gasteiger partial charge on any atom is -0.393 e. The Balaban J connectivity index is 1.99. The van der Waals surface area contributed by atoms with Crippen molar-refractivity contribution in [1.82, 2.24) is 15.1 Å². The molecule has 118 valence electrons. The normalized spacial score (nSPS) is 13.6. The van der Waals surface area contributed by atoms with E-state index < -0.39 is 11.9 Å². The highest BCUT2D eigenvalue weighted by atomic mass is 19.1. The number of hydrogen-bond donors (Lipinski definition) is 2. The fourth-order valence-corrected chi connectivity index (χ4v) is 2.24. The lowest BCUT2D eigenvalue weighted by Gasteiger charge is -2.13. The summed E-state index contributed by atoms with van der Waals surface area (Å²) in [7, 11) is 0. The molecule has 0 aliphatic rings. The standard InChI is InChI=1S/C16H20FN3O2/c1-11(7-12(2)21)8-18-16(22)13-9-19-20(10-13)15-6-4-3-5-14(15)17/h3-6,9-12,21H,7-8H2,1-2H3,(H,18,22). The summed E-state index contributed by atoms with van der Waals surface area (Å²) in [6.07, 6.45) is 3.12. The van der Waals surface area contributed by atoms with Crippen molar-refractivity contribution in [2.24, 2.45) is 5.92 Å². The Kier molecular flexibility index (Phi) is 5.27. The van der Waals surface area contributed by atoms with Gasteiger partial charge in [0, 0.05) is 12.7 Å². The SMILES string of the molecule is CC(O)CC(C)CNC(=O)c1cnn(-c2ccccc2F)c1. The number of nitrogens with zero attached hydrogens (tertiary/aromatic N) is 2. The van der Waals surface area contributed by atoms with Gasteiger partial charge in [-0.3, -0.25) is 4.79 Å². The number of amides is 1. The summed E-state index contributed by atoms with van der Waals surface area (Å²) in [6, 6.07) is 6.24. The second kappa shape index (κ2) is 7.17. The largest absolute Gasteiger partial charge is 0.393 e. The summed E-state index contributed by atoms with van der Waals surface area (Å²) in [5.74, 6) is -0.492. The third-order valence-corrected chi connectivity index (χ3v) is 3.30. The van der Waals surface area contributed by atoms with Crippen LogP contribution in [-0.4, -0.2) is 33.4 Å². The summed E-state index contributed by atoms with van der Waals surface area (Å²) in [6.45, 7) is 4.14. The number of rotatable bonds is 6. The molecule has 0 radical (unpaired) electrons. The van der Waals surface area contributed by atoms with Crippen molar-refractivity contribution in [3.05, 3.63) is 48.0 Å². The minimum atomic E-state index is -0.400. The van der Waals surface area contributed by atoms with Crippen molar-refractivity contribution in [1.29, 1.82) is 0 Å². The van der Waals surface area contributed by atoms with Gasteiger partial charge in [-0.1, -0.05) is 19.1 Å². The molecule has 6 heteroatoms. The second-order valence-corrected chi connectivity index (χ2v) is 5.52. The number of nitrogens with one attached hydrogen (secondary N) is 1. The van der Waals surface area contributed by atoms with Gasteiger partial charge in [0.2, 0.25) is 0 Å². The third-order valence-electron chi connectivity index (χ3n) is 3.30. The zero-order valence-corrected chi connectivity index (χ0v) is 12.7. The Morgan fingerprint density at radius 2 is 2.14 bits per heavy atom. The number of carbonyl (C=O) groups excluding carboxylic acids is 1. The molecule has 1 aromatic carbocycles. The Bertz CT molecular complexity index is 640. The monoisotopic (exact) mass is 305 g/mol. The molecular weight excluding hydrogens is 285 g/mol. The van der Waals surface area contributed by atoms with Crippen LogP contribution in [0.3, 0.4) is 0 Å². The van der Waals surface area contributed by atoms with Crippen LogP contribution in [0.25, 0.3) is 5.69 Å². The highest BCUT2D eigenvalue weighted by Crippen LogP contribution is 2.12. The van der Waals surface area contributed by atoms with Gasteiger partial charge in [-0.25, -0.2) is 9.07 Å². The van der Waals surface area contributed by atoms with Gasteiger partial charge in [-0.05, 0) is 31.4 Å². The first-order valence-corrected chi connectivity index (χ1v) is 7.23. The van der Waals surface area contributed by atoms with Gasteiger partial charge in [0.15, 0.2) is 0 Å². The van der Waals surface area contributed by atoms with E-state index in [-0.39, 0.29) is 11.8 Å². The van der Waals surface area contributed by atoms with E-state index in [0.717, 1.165) is 0 Å². The van der Waals surface area contributed by atoms with Crippen molar-refractivity contribution in [2.75, 3.05) is 6.54 Å². The van der Waals surface area contributed by atoms with E-state index in [2.05, 4.69) is 10.4 Å². The predicted octanol–water partition coefficient (Wildman–Crippen LogP) is 2.15. The van der Waals surface area contributed by atoms with Crippen LogP contribution in [0.15, 0.2) is 36.7 Å². The molecule has 2 rings (SSSR count). The van der Waals surface area contributed by atoms with E-state index in [0.29, 0.717) is 24.2 Å². The van der Waals surface area contributed by atoms with Crippen LogP contribution in [0.5, 0.6) is 0 Å². The molecule has 0 bridgehead atoms. The molecule has 22 heavy (non-hydrogen) atoms. The first-order chi connectivity index (χ1) is 10.5. The van der Waals surface area contributed by atoms with Crippen molar-refractivity contribution in [3.63, 3.8) is 0 Å². The molecule has 1 amide bonds. The average molecular weight is 305 g/mol. The van der Waals surface area contributed by atoms with Crippen molar-refractivity contribution < 1.29 is 14.3 Å². The lowest BCUT2D eigenvalue weighted by molar-refractivity contribution is 0.0939. The zero-order chi connectivity index (χ0) is 16.1. The molecule has 5 nitrogen and oxygen atoms in total. The zero-order valence-electron chi connectivity index (χ0n) is 12.7. The maximum atomic E-state index is 13.7. The van der Waals surface area contributed by atoms with Crippen LogP contribution in [0.1, 0.15) is 30.6 Å². The molecule has 0 saturated carbocycles. The molecule has 0 aliphatic heterocycles. The highest BCUT2D eigenvalue weighted by Gasteiger charge is 2.13. The fraction of sp³-hybridized carbons (Fsp3) is 0.375. The van der Waals surface area contributed by atoms with Gasteiger partial charge < -0.3 is 10.4 Å². The lowest BCUT2D eigenvalue weighted by atomic mass is 10.0. The van der Waals surface area contributed by atoms with Crippen molar-refractivity contribution >= 4 is 5.91 Å². The molecule has 1 aromatic heterocycles. The highest BCUT2D eigenvalue weighted by molar-refractivity contribution is 5.93. The molecule has 0 fully saturated rings. The number of carbonyl (C=O) groups is 1. The molecule has 2 aromatic rings. The Morgan fingerprint density at radius 3 is 2.82 bits per heavy atom. The third kappa shape index (κ3) is 4.14. The quantitative estimate of drug-likeness (QED) is 0.859. The smallest absolute Gasteiger partial charge is 0.254 e. The van der Waals surface area contributed by atoms with Crippen LogP contribution in [0, 0.1) is 11.7 Å². The number of halogens is 1. The van der Waals surface area contributed by atoms with Gasteiger partial charge in [-0.15, -0.1) is 0 Å². The second-order valence-electron chi connectivity index (χ2n) is 5.52. The van der Waals surface area contributed by atoms with E-state index in [1.807, 2.05) is 6.92 Å². The van der Waals surface area contributed by atoms with Crippen molar-refractivity contribution in [3.8, 4) is 5.69 Å². The topological polar surface area (TPSA) is 67.2 Å². The fourth-order valence-electron chi connectivity index (χ4n) is 2.24. The summed E-state index contributed by atoms with van der Waals surface area (Å²) in [4.78, 5) is 12.0. The van der Waals surface area contributed by atoms with E-state index in [1.165, 1.54) is 23.1 Å². The van der Waals surface area contributed by atoms with E-state index in [1.54, 1.807) is 25.1 Å². The van der Waals surface area contributed by atoms with Gasteiger partial charge >= 0.3 is 0 Å². The van der Waals surface area contributed by atoms with Crippen LogP contribution in [-0.2, 0) is 0 Å². The van der Waals surface area contributed by atoms with Gasteiger partial charge in [-0.2, -0.15) is 5.10 Å². The van der Waals surface area contributed by atoms with E-state index >= 15 is 0 Å². The molecule has 0 saturated heterocycles. The van der Waals surface area contributed by atoms with Gasteiger partial charge in [0.25, 0.3) is 5.91 Å². The maximum Gasteiger partial charge on any atom is 0.254 e. The molecule has 1 heterocycles. The van der Waals surface area contributed by atoms with Gasteiger partial charge in [0.1, 0.15) is 11.5 Å². The number of aromatic nitrogens is 2. The summed E-state index contributed by atoms with van der Waals surface area (Å²) in [5.41, 5.74) is 0.663. The summed E-state index contributed by atoms with van der Waals surface area (Å²) >= 11 is 0. The summed E-state index contributed by atoms with van der Waals surface area (Å²) < 4.78 is 15.0. The van der Waals surface area contributed by atoms with Crippen LogP contribution < -0.4 is 5.32 Å². The van der Waals surface area contributed by atoms with Gasteiger partial charge in [0.05, 0.1) is 17.9 Å². The molecular formula is C16H20FN3O2. The Morgan fingerprint density at radius 1 is 1.41 bits per heavy atom. The first-order valence-electron chi connectivity index (χ1n) is 7.23. The molecule has 0 spiro atoms. The van der Waals surface area contributed by atoms with E-state index in [4.69, 9.17) is 0 Å². The number of aliphatic hydroxyl groups excluding tert-OH is 1. The van der Waals surface area contributed by atoms with E-state index in [9.17, 15) is 14.3 Å². The number of benzene rings is 1. The molecule has 2 unspecified atom stereocenters. The van der Waals surface area contributed by atoms with Crippen LogP contribution >= 0.6 is 0 Å². The number of aliphatic hydroxyl groups is 1. The number of para-hydroxylation sites is 1. The lowest BCUT2D eigenvalue weighted by Crippen LogP contribution is -2.29. The molecule has 2 N–H and O–H groups in total. The first kappa shape index (κ1) is 16.2. The Hall–Kier alpha value is -2.21. The minimum absolute atomic E-state index is 0.172. The summed E-state index contributed by atoms with van der Waals surface area (Å²) in [5, 5.41) is 16.1. The van der Waals surface area contributed by atoms with Crippen LogP contribution in [0.4, 0.5) is 4.39 Å². The number of hydrogen-bond acceptors (Lipinski definition) is 3. The Labute approximate surface area is 128 Å². The molecule has 0 aliphatic carbocycles. The molecule has 2 atom stereocenters. The van der Waals surface area contributed by atoms with Crippen LogP contribution in [0.2, 0.25) is 0 Å². The maximum absolute atomic E-state index is 13.7. The van der Waals surface area contributed by atoms with Crippen molar-refractivity contribution in [2.45, 2.75) is 26.4 Å². The average Bonchev–Trinajstić information content (AvgIpc) is 2.94. The predicted molar refractivity (Wildman–Crippen MR) is 81.3 cm³/mol.